The van der Waals surface area contributed by atoms with Crippen LogP contribution in [0.5, 0.6) is 0 Å². The number of allylic oxidation sites excluding steroid dienone is 5. The molecule has 5 N–H and O–H groups in total. The van der Waals surface area contributed by atoms with E-state index in [-0.39, 0.29) is 12.4 Å². The van der Waals surface area contributed by atoms with Crippen LogP contribution in [0.25, 0.3) is 5.57 Å². The van der Waals surface area contributed by atoms with Crippen molar-refractivity contribution in [2.75, 3.05) is 11.5 Å². The maximum absolute atomic E-state index is 7.91. The van der Waals surface area contributed by atoms with Gasteiger partial charge in [0.15, 0.2) is 0 Å². The van der Waals surface area contributed by atoms with Crippen LogP contribution in [0.3, 0.4) is 0 Å². The lowest BCUT2D eigenvalue weighted by Gasteiger charge is -2.16. The van der Waals surface area contributed by atoms with Crippen LogP contribution < -0.4 is 11.5 Å². The minimum atomic E-state index is 0. The number of hydrogen-bond donors (Lipinski definition) is 3. The molecule has 0 spiro atoms. The third-order valence-electron chi connectivity index (χ3n) is 4.27. The number of aryl methyl sites for hydroxylation is 1. The molecule has 0 aliphatic heterocycles. The number of nitrogen functional groups attached to an aromatic ring is 2. The third-order valence-corrected chi connectivity index (χ3v) is 4.27. The minimum absolute atomic E-state index is 0. The van der Waals surface area contributed by atoms with E-state index in [4.69, 9.17) is 16.9 Å². The molecular weight excluding hydrogens is 330 g/mol. The first-order chi connectivity index (χ1) is 11.5. The molecule has 3 nitrogen and oxygen atoms in total. The van der Waals surface area contributed by atoms with Gasteiger partial charge in [0.05, 0.1) is 5.71 Å². The lowest BCUT2D eigenvalue weighted by atomic mass is 9.88. The van der Waals surface area contributed by atoms with Crippen molar-refractivity contribution in [1.82, 2.24) is 0 Å². The smallest absolute Gasteiger partial charge is 0.0569 e. The lowest BCUT2D eigenvalue weighted by Crippen LogP contribution is -2.02. The zero-order chi connectivity index (χ0) is 17.3. The zero-order valence-corrected chi connectivity index (χ0v) is 15.2. The maximum Gasteiger partial charge on any atom is 0.0569 e. The van der Waals surface area contributed by atoms with E-state index in [1.165, 1.54) is 0 Å². The van der Waals surface area contributed by atoms with E-state index >= 15 is 0 Å². The second-order valence-electron chi connectivity index (χ2n) is 6.10. The fourth-order valence-electron chi connectivity index (χ4n) is 2.80. The first-order valence-electron chi connectivity index (χ1n) is 7.87. The van der Waals surface area contributed by atoms with E-state index in [0.717, 1.165) is 44.8 Å². The van der Waals surface area contributed by atoms with Gasteiger partial charge in [0.1, 0.15) is 0 Å². The summed E-state index contributed by atoms with van der Waals surface area (Å²) in [6.07, 6.45) is 5.89. The van der Waals surface area contributed by atoms with Crippen LogP contribution in [0.4, 0.5) is 11.4 Å². The number of nitrogens with two attached hydrogens (primary N) is 2. The quantitative estimate of drug-likeness (QED) is 0.672. The number of anilines is 2. The standard InChI is InChI=1S/C21H21N3.ClH/c1-13-11-16(5-9-19(13)23)21(15-3-7-18(22)8-4-15)17-6-10-20(24)14(2)12-17;/h3-12,23H,22,24H2,1-2H3;1H. The molecule has 0 amide bonds. The minimum Gasteiger partial charge on any atom is -0.399 e. The highest BCUT2D eigenvalue weighted by atomic mass is 35.5. The van der Waals surface area contributed by atoms with E-state index in [2.05, 4.69) is 12.1 Å². The number of hydrogen-bond acceptors (Lipinski definition) is 3. The predicted molar refractivity (Wildman–Crippen MR) is 110 cm³/mol. The summed E-state index contributed by atoms with van der Waals surface area (Å²) < 4.78 is 0. The molecule has 3 rings (SSSR count). The van der Waals surface area contributed by atoms with Gasteiger partial charge in [-0.2, -0.15) is 0 Å². The van der Waals surface area contributed by atoms with Crippen LogP contribution in [0.15, 0.2) is 71.8 Å². The summed E-state index contributed by atoms with van der Waals surface area (Å²) in [6, 6.07) is 14.0. The Morgan fingerprint density at radius 3 is 2.12 bits per heavy atom. The van der Waals surface area contributed by atoms with Crippen molar-refractivity contribution < 1.29 is 0 Å². The summed E-state index contributed by atoms with van der Waals surface area (Å²) in [5.74, 6) is 0. The first-order valence-corrected chi connectivity index (χ1v) is 7.87. The molecule has 0 bridgehead atoms. The molecule has 2 aromatic carbocycles. The van der Waals surface area contributed by atoms with Crippen LogP contribution in [0.2, 0.25) is 0 Å². The highest BCUT2D eigenvalue weighted by Gasteiger charge is 2.13. The molecule has 2 aromatic rings. The van der Waals surface area contributed by atoms with Gasteiger partial charge in [-0.15, -0.1) is 12.4 Å². The Labute approximate surface area is 154 Å². The highest BCUT2D eigenvalue weighted by molar-refractivity contribution is 6.08. The van der Waals surface area contributed by atoms with Crippen molar-refractivity contribution in [3.8, 4) is 0 Å². The Bertz CT molecular complexity index is 903. The molecule has 1 aliphatic carbocycles. The summed E-state index contributed by atoms with van der Waals surface area (Å²) in [7, 11) is 0. The van der Waals surface area contributed by atoms with Crippen molar-refractivity contribution in [3.63, 3.8) is 0 Å². The molecule has 4 heteroatoms. The van der Waals surface area contributed by atoms with Gasteiger partial charge in [0.25, 0.3) is 0 Å². The molecule has 0 heterocycles. The lowest BCUT2D eigenvalue weighted by molar-refractivity contribution is 1.40. The Hall–Kier alpha value is -2.78. The van der Waals surface area contributed by atoms with Gasteiger partial charge >= 0.3 is 0 Å². The summed E-state index contributed by atoms with van der Waals surface area (Å²) in [4.78, 5) is 0. The van der Waals surface area contributed by atoms with Crippen molar-refractivity contribution in [3.05, 3.63) is 88.5 Å². The van der Waals surface area contributed by atoms with Gasteiger partial charge in [-0.25, -0.2) is 0 Å². The third kappa shape index (κ3) is 3.83. The summed E-state index contributed by atoms with van der Waals surface area (Å²) >= 11 is 0. The van der Waals surface area contributed by atoms with Crippen LogP contribution in [0.1, 0.15) is 23.6 Å². The van der Waals surface area contributed by atoms with Crippen molar-refractivity contribution in [2.45, 2.75) is 13.8 Å². The zero-order valence-electron chi connectivity index (χ0n) is 14.3. The number of benzene rings is 2. The van der Waals surface area contributed by atoms with E-state index in [1.54, 1.807) is 0 Å². The van der Waals surface area contributed by atoms with Crippen molar-refractivity contribution in [2.24, 2.45) is 0 Å². The fraction of sp³-hybridized carbons (Fsp3) is 0.0952. The van der Waals surface area contributed by atoms with E-state index in [0.29, 0.717) is 5.71 Å². The van der Waals surface area contributed by atoms with Crippen LogP contribution in [-0.4, -0.2) is 5.71 Å². The van der Waals surface area contributed by atoms with Crippen molar-refractivity contribution >= 4 is 35.1 Å². The largest absolute Gasteiger partial charge is 0.399 e. The predicted octanol–water partition coefficient (Wildman–Crippen LogP) is 4.92. The Kier molecular flexibility index (Phi) is 5.50. The molecule has 0 fully saturated rings. The van der Waals surface area contributed by atoms with E-state index in [1.807, 2.05) is 62.4 Å². The molecule has 25 heavy (non-hydrogen) atoms. The molecule has 0 radical (unpaired) electrons. The molecule has 0 aromatic heterocycles. The van der Waals surface area contributed by atoms with E-state index < -0.39 is 0 Å². The summed E-state index contributed by atoms with van der Waals surface area (Å²) in [6.45, 7) is 3.97. The van der Waals surface area contributed by atoms with Crippen LogP contribution >= 0.6 is 12.4 Å². The highest BCUT2D eigenvalue weighted by Crippen LogP contribution is 2.32. The normalized spacial score (nSPS) is 15.4. The van der Waals surface area contributed by atoms with Gasteiger partial charge in [-0.1, -0.05) is 24.3 Å². The Morgan fingerprint density at radius 1 is 0.880 bits per heavy atom. The monoisotopic (exact) mass is 351 g/mol. The van der Waals surface area contributed by atoms with Crippen molar-refractivity contribution in [1.29, 1.82) is 5.41 Å². The van der Waals surface area contributed by atoms with E-state index in [9.17, 15) is 0 Å². The number of nitrogens with one attached hydrogen (secondary N) is 1. The number of halogens is 1. The van der Waals surface area contributed by atoms with Gasteiger partial charge in [-0.3, -0.25) is 0 Å². The molecule has 0 saturated carbocycles. The Morgan fingerprint density at radius 2 is 1.52 bits per heavy atom. The molecule has 1 aliphatic rings. The molecule has 128 valence electrons. The fourth-order valence-corrected chi connectivity index (χ4v) is 2.80. The van der Waals surface area contributed by atoms with Gasteiger partial charge in [-0.05, 0) is 83.7 Å². The Balaban J connectivity index is 0.00000225. The summed E-state index contributed by atoms with van der Waals surface area (Å²) in [5, 5.41) is 7.91. The van der Waals surface area contributed by atoms with Crippen LogP contribution in [-0.2, 0) is 0 Å². The average molecular weight is 352 g/mol. The number of rotatable bonds is 2. The summed E-state index contributed by atoms with van der Waals surface area (Å²) in [5.41, 5.74) is 20.3. The molecule has 0 saturated heterocycles. The topological polar surface area (TPSA) is 75.9 Å². The second-order valence-corrected chi connectivity index (χ2v) is 6.10. The van der Waals surface area contributed by atoms with Gasteiger partial charge in [0.2, 0.25) is 0 Å². The molecule has 0 unspecified atom stereocenters. The maximum atomic E-state index is 7.91. The van der Waals surface area contributed by atoms with Crippen LogP contribution in [0, 0.1) is 12.3 Å². The first kappa shape index (κ1) is 18.6. The average Bonchev–Trinajstić information content (AvgIpc) is 2.56. The second kappa shape index (κ2) is 7.41. The SMILES string of the molecule is CC1=CC(=C(c2ccc(N)cc2)c2ccc(N)c(C)c2)C=CC1=N.Cl. The molecular formula is C21H22ClN3. The van der Waals surface area contributed by atoms with Gasteiger partial charge in [0, 0.05) is 11.4 Å². The molecule has 0 atom stereocenters. The van der Waals surface area contributed by atoms with Gasteiger partial charge < -0.3 is 16.9 Å².